The van der Waals surface area contributed by atoms with Crippen molar-refractivity contribution in [3.63, 3.8) is 0 Å². The van der Waals surface area contributed by atoms with Crippen LogP contribution in [0, 0.1) is 0 Å². The summed E-state index contributed by atoms with van der Waals surface area (Å²) in [4.78, 5) is 31.4. The summed E-state index contributed by atoms with van der Waals surface area (Å²) in [5, 5.41) is 0. The van der Waals surface area contributed by atoms with E-state index in [2.05, 4.69) is 50.0 Å². The number of anilines is 1. The number of carbonyl (C=O) groups excluding carboxylic acids is 2. The molecule has 0 radical (unpaired) electrons. The monoisotopic (exact) mass is 453 g/mol. The number of hydrogen-bond donors (Lipinski definition) is 0. The number of rotatable bonds is 5. The molecule has 2 fully saturated rings. The molecule has 0 aromatic heterocycles. The lowest BCUT2D eigenvalue weighted by Gasteiger charge is -2.36. The maximum Gasteiger partial charge on any atom is 0.251 e. The molecule has 5 nitrogen and oxygen atoms in total. The second-order valence-corrected chi connectivity index (χ2v) is 8.33. The number of carbonyl (C=O) groups is 2. The molecule has 2 aromatic rings. The Kier molecular flexibility index (Phi) is 6.23. The van der Waals surface area contributed by atoms with Gasteiger partial charge in [0.15, 0.2) is 0 Å². The van der Waals surface area contributed by atoms with Gasteiger partial charge >= 0.3 is 0 Å². The van der Waals surface area contributed by atoms with Crippen molar-refractivity contribution < 1.29 is 9.59 Å². The quantitative estimate of drug-likeness (QED) is 0.650. The molecule has 0 saturated carbocycles. The van der Waals surface area contributed by atoms with Crippen LogP contribution in [-0.4, -0.2) is 60.4 Å². The summed E-state index contributed by atoms with van der Waals surface area (Å²) in [6, 6.07) is 17.3. The zero-order valence-electron chi connectivity index (χ0n) is 16.2. The molecule has 4 rings (SSSR count). The van der Waals surface area contributed by atoms with Crippen LogP contribution in [0.25, 0.3) is 6.08 Å². The summed E-state index contributed by atoms with van der Waals surface area (Å²) in [5.74, 6) is -0.225. The molecule has 1 atom stereocenters. The highest BCUT2D eigenvalue weighted by Gasteiger charge is 2.43. The van der Waals surface area contributed by atoms with Crippen LogP contribution in [0.4, 0.5) is 5.69 Å². The molecule has 0 aliphatic carbocycles. The van der Waals surface area contributed by atoms with E-state index < -0.39 is 0 Å². The molecule has 150 valence electrons. The molecule has 1 unspecified atom stereocenters. The average Bonchev–Trinajstić information content (AvgIpc) is 3.03. The van der Waals surface area contributed by atoms with Gasteiger partial charge in [0.05, 0.1) is 18.2 Å². The third-order valence-corrected chi connectivity index (χ3v) is 6.00. The highest BCUT2D eigenvalue weighted by molar-refractivity contribution is 9.10. The Bertz CT molecular complexity index is 907. The molecular weight excluding hydrogens is 430 g/mol. The smallest absolute Gasteiger partial charge is 0.251 e. The Morgan fingerprint density at radius 3 is 2.45 bits per heavy atom. The number of nitrogens with zero attached hydrogens (tertiary/aromatic N) is 3. The minimum Gasteiger partial charge on any atom is -0.297 e. The van der Waals surface area contributed by atoms with Crippen LogP contribution in [0.15, 0.2) is 65.1 Å². The number of hydrogen-bond acceptors (Lipinski definition) is 4. The van der Waals surface area contributed by atoms with Gasteiger partial charge < -0.3 is 0 Å². The van der Waals surface area contributed by atoms with Gasteiger partial charge in [0.25, 0.3) is 5.91 Å². The summed E-state index contributed by atoms with van der Waals surface area (Å²) in [5.41, 5.74) is 1.84. The maximum atomic E-state index is 13.0. The van der Waals surface area contributed by atoms with E-state index in [0.29, 0.717) is 5.69 Å². The standard InChI is InChI=1S/C23H24BrN3O2/c24-19-9-4-10-20(16-19)27-22(28)17-21(23(27)29)26-14-12-25(13-15-26)11-5-8-18-6-2-1-3-7-18/h1-10,16,21H,11-15,17H2/b8-5+. The lowest BCUT2D eigenvalue weighted by atomic mass is 10.1. The summed E-state index contributed by atoms with van der Waals surface area (Å²) in [6.07, 6.45) is 4.59. The van der Waals surface area contributed by atoms with Crippen molar-refractivity contribution in [3.05, 3.63) is 70.7 Å². The predicted molar refractivity (Wildman–Crippen MR) is 119 cm³/mol. The van der Waals surface area contributed by atoms with E-state index >= 15 is 0 Å². The Morgan fingerprint density at radius 1 is 0.966 bits per heavy atom. The molecule has 2 amide bonds. The molecule has 0 N–H and O–H groups in total. The van der Waals surface area contributed by atoms with Crippen LogP contribution < -0.4 is 4.90 Å². The first kappa shape index (κ1) is 20.0. The van der Waals surface area contributed by atoms with Crippen molar-refractivity contribution in [1.82, 2.24) is 9.80 Å². The van der Waals surface area contributed by atoms with Gasteiger partial charge in [0, 0.05) is 37.2 Å². The first-order chi connectivity index (χ1) is 14.1. The van der Waals surface area contributed by atoms with E-state index in [0.717, 1.165) is 37.2 Å². The van der Waals surface area contributed by atoms with Gasteiger partial charge in [-0.15, -0.1) is 0 Å². The van der Waals surface area contributed by atoms with Gasteiger partial charge in [-0.05, 0) is 23.8 Å². The lowest BCUT2D eigenvalue weighted by Crippen LogP contribution is -2.52. The van der Waals surface area contributed by atoms with Gasteiger partial charge in [-0.2, -0.15) is 0 Å². The van der Waals surface area contributed by atoms with Crippen LogP contribution >= 0.6 is 15.9 Å². The van der Waals surface area contributed by atoms with Crippen molar-refractivity contribution in [2.75, 3.05) is 37.6 Å². The fraction of sp³-hybridized carbons (Fsp3) is 0.304. The van der Waals surface area contributed by atoms with Crippen LogP contribution in [0.5, 0.6) is 0 Å². The molecule has 2 aliphatic rings. The largest absolute Gasteiger partial charge is 0.297 e. The third kappa shape index (κ3) is 4.66. The molecule has 2 heterocycles. The van der Waals surface area contributed by atoms with Crippen LogP contribution in [0.1, 0.15) is 12.0 Å². The van der Waals surface area contributed by atoms with Gasteiger partial charge in [-0.1, -0.05) is 64.5 Å². The van der Waals surface area contributed by atoms with Gasteiger partial charge in [0.1, 0.15) is 0 Å². The zero-order chi connectivity index (χ0) is 20.2. The molecule has 2 aliphatic heterocycles. The second kappa shape index (κ2) is 9.03. The first-order valence-electron chi connectivity index (χ1n) is 9.92. The van der Waals surface area contributed by atoms with E-state index in [1.54, 1.807) is 6.07 Å². The zero-order valence-corrected chi connectivity index (χ0v) is 17.8. The normalized spacial score (nSPS) is 21.4. The molecule has 0 bridgehead atoms. The van der Waals surface area contributed by atoms with Crippen LogP contribution in [0.2, 0.25) is 0 Å². The summed E-state index contributed by atoms with van der Waals surface area (Å²) < 4.78 is 0.858. The minimum absolute atomic E-state index is 0.106. The topological polar surface area (TPSA) is 43.9 Å². The van der Waals surface area contributed by atoms with Crippen LogP contribution in [0.3, 0.4) is 0 Å². The number of benzene rings is 2. The highest BCUT2D eigenvalue weighted by Crippen LogP contribution is 2.28. The maximum absolute atomic E-state index is 13.0. The molecule has 6 heteroatoms. The van der Waals surface area contributed by atoms with Gasteiger partial charge in [-0.3, -0.25) is 19.4 Å². The van der Waals surface area contributed by atoms with E-state index in [-0.39, 0.29) is 24.3 Å². The summed E-state index contributed by atoms with van der Waals surface area (Å²) in [6.45, 7) is 4.29. The Balaban J connectivity index is 1.32. The molecule has 29 heavy (non-hydrogen) atoms. The van der Waals surface area contributed by atoms with Crippen molar-refractivity contribution in [3.8, 4) is 0 Å². The van der Waals surface area contributed by atoms with Crippen molar-refractivity contribution in [2.24, 2.45) is 0 Å². The van der Waals surface area contributed by atoms with Gasteiger partial charge in [-0.25, -0.2) is 4.90 Å². The van der Waals surface area contributed by atoms with E-state index in [4.69, 9.17) is 0 Å². The number of imide groups is 1. The molecule has 2 saturated heterocycles. The Hall–Kier alpha value is -2.28. The molecule has 2 aromatic carbocycles. The molecule has 0 spiro atoms. The summed E-state index contributed by atoms with van der Waals surface area (Å²) in [7, 11) is 0. The number of amides is 2. The number of halogens is 1. The SMILES string of the molecule is O=C1CC(N2CCN(C/C=C/c3ccccc3)CC2)C(=O)N1c1cccc(Br)c1. The number of piperazine rings is 1. The lowest BCUT2D eigenvalue weighted by molar-refractivity contribution is -0.123. The van der Waals surface area contributed by atoms with Crippen molar-refractivity contribution in [2.45, 2.75) is 12.5 Å². The van der Waals surface area contributed by atoms with E-state index in [1.807, 2.05) is 36.4 Å². The van der Waals surface area contributed by atoms with Gasteiger partial charge in [0.2, 0.25) is 5.91 Å². The predicted octanol–water partition coefficient (Wildman–Crippen LogP) is 3.41. The van der Waals surface area contributed by atoms with Crippen molar-refractivity contribution >= 4 is 39.5 Å². The Labute approximate surface area is 179 Å². The Morgan fingerprint density at radius 2 is 1.72 bits per heavy atom. The minimum atomic E-state index is -0.344. The fourth-order valence-corrected chi connectivity index (χ4v) is 4.33. The first-order valence-corrected chi connectivity index (χ1v) is 10.7. The molecular formula is C23H24BrN3O2. The van der Waals surface area contributed by atoms with Crippen molar-refractivity contribution in [1.29, 1.82) is 0 Å². The van der Waals surface area contributed by atoms with E-state index in [1.165, 1.54) is 10.5 Å². The van der Waals surface area contributed by atoms with E-state index in [9.17, 15) is 9.59 Å². The second-order valence-electron chi connectivity index (χ2n) is 7.42. The van der Waals surface area contributed by atoms with Crippen LogP contribution in [-0.2, 0) is 9.59 Å². The highest BCUT2D eigenvalue weighted by atomic mass is 79.9. The average molecular weight is 454 g/mol. The third-order valence-electron chi connectivity index (χ3n) is 5.51. The fourth-order valence-electron chi connectivity index (χ4n) is 3.95. The summed E-state index contributed by atoms with van der Waals surface area (Å²) >= 11 is 3.41.